The zero-order valence-electron chi connectivity index (χ0n) is 7.63. The molecule has 1 rings (SSSR count). The van der Waals surface area contributed by atoms with Crippen LogP contribution in [-0.2, 0) is 6.42 Å². The highest BCUT2D eigenvalue weighted by Gasteiger charge is 2.06. The maximum Gasteiger partial charge on any atom is 0.0624 e. The Labute approximate surface area is 92.3 Å². The van der Waals surface area contributed by atoms with Crippen LogP contribution in [0.4, 0.5) is 0 Å². The summed E-state index contributed by atoms with van der Waals surface area (Å²) < 4.78 is 1.26. The van der Waals surface area contributed by atoms with Gasteiger partial charge in [0.25, 0.3) is 0 Å². The van der Waals surface area contributed by atoms with Crippen molar-refractivity contribution < 1.29 is 5.11 Å². The molecule has 0 aromatic heterocycles. The second-order valence-electron chi connectivity index (χ2n) is 2.99. The molecule has 0 saturated carbocycles. The van der Waals surface area contributed by atoms with Gasteiger partial charge in [0.2, 0.25) is 0 Å². The van der Waals surface area contributed by atoms with Crippen molar-refractivity contribution in [2.24, 2.45) is 5.73 Å². The fourth-order valence-electron chi connectivity index (χ4n) is 1.20. The molecule has 1 aromatic carbocycles. The Balaban J connectivity index is 2.99. The minimum absolute atomic E-state index is 0.00372. The first kappa shape index (κ1) is 10.9. The van der Waals surface area contributed by atoms with Gasteiger partial charge < -0.3 is 10.8 Å². The van der Waals surface area contributed by atoms with Gasteiger partial charge >= 0.3 is 0 Å². The van der Waals surface area contributed by atoms with Crippen molar-refractivity contribution in [1.29, 1.82) is 0 Å². The molecule has 1 aromatic rings. The average molecular weight is 291 g/mol. The van der Waals surface area contributed by atoms with E-state index in [1.165, 1.54) is 9.13 Å². The molecule has 0 saturated heterocycles. The Morgan fingerprint density at radius 3 is 2.77 bits per heavy atom. The monoisotopic (exact) mass is 291 g/mol. The Morgan fingerprint density at radius 1 is 1.54 bits per heavy atom. The van der Waals surface area contributed by atoms with E-state index in [1.54, 1.807) is 0 Å². The van der Waals surface area contributed by atoms with Crippen LogP contribution in [0.15, 0.2) is 18.2 Å². The molecule has 13 heavy (non-hydrogen) atoms. The molecule has 0 aliphatic carbocycles. The van der Waals surface area contributed by atoms with Gasteiger partial charge in [0, 0.05) is 3.57 Å². The molecule has 3 N–H and O–H groups in total. The first-order valence-corrected chi connectivity index (χ1v) is 5.41. The molecule has 0 bridgehead atoms. The number of halogens is 1. The van der Waals surface area contributed by atoms with Gasteiger partial charge in [0.15, 0.2) is 0 Å². The molecular formula is C10H14INO. The van der Waals surface area contributed by atoms with Crippen LogP contribution >= 0.6 is 22.6 Å². The standard InChI is InChI=1S/C10H14INO/c1-2-7-5-8(10(12)6-13)3-4-9(7)11/h3-5,10,13H,2,6,12H2,1H3/t10-/m1/s1. The van der Waals surface area contributed by atoms with Crippen LogP contribution in [-0.4, -0.2) is 11.7 Å². The third kappa shape index (κ3) is 2.65. The number of aliphatic hydroxyl groups excluding tert-OH is 1. The normalized spacial score (nSPS) is 12.9. The predicted octanol–water partition coefficient (Wildman–Crippen LogP) is 1.85. The summed E-state index contributed by atoms with van der Waals surface area (Å²) >= 11 is 2.31. The lowest BCUT2D eigenvalue weighted by molar-refractivity contribution is 0.268. The first-order valence-electron chi connectivity index (χ1n) is 4.33. The SMILES string of the molecule is CCc1cc([C@H](N)CO)ccc1I. The van der Waals surface area contributed by atoms with E-state index < -0.39 is 0 Å². The van der Waals surface area contributed by atoms with Gasteiger partial charge in [-0.1, -0.05) is 19.1 Å². The van der Waals surface area contributed by atoms with Crippen molar-refractivity contribution in [1.82, 2.24) is 0 Å². The third-order valence-corrected chi connectivity index (χ3v) is 3.13. The van der Waals surface area contributed by atoms with Crippen LogP contribution < -0.4 is 5.73 Å². The third-order valence-electron chi connectivity index (χ3n) is 2.08. The Morgan fingerprint density at radius 2 is 2.23 bits per heavy atom. The lowest BCUT2D eigenvalue weighted by Crippen LogP contribution is -2.14. The number of hydrogen-bond donors (Lipinski definition) is 2. The second-order valence-corrected chi connectivity index (χ2v) is 4.16. The number of aryl methyl sites for hydroxylation is 1. The largest absolute Gasteiger partial charge is 0.394 e. The Hall–Kier alpha value is -0.130. The van der Waals surface area contributed by atoms with Crippen LogP contribution in [0.5, 0.6) is 0 Å². The van der Waals surface area contributed by atoms with Crippen molar-refractivity contribution in [2.75, 3.05) is 6.61 Å². The summed E-state index contributed by atoms with van der Waals surface area (Å²) in [6.45, 7) is 2.12. The lowest BCUT2D eigenvalue weighted by atomic mass is 10.0. The average Bonchev–Trinajstić information content (AvgIpc) is 2.17. The zero-order valence-corrected chi connectivity index (χ0v) is 9.78. The van der Waals surface area contributed by atoms with Crippen molar-refractivity contribution in [3.8, 4) is 0 Å². The summed E-state index contributed by atoms with van der Waals surface area (Å²) in [7, 11) is 0. The maximum absolute atomic E-state index is 8.89. The van der Waals surface area contributed by atoms with Crippen molar-refractivity contribution in [3.63, 3.8) is 0 Å². The Bertz CT molecular complexity index is 288. The van der Waals surface area contributed by atoms with Crippen molar-refractivity contribution >= 4 is 22.6 Å². The van der Waals surface area contributed by atoms with Gasteiger partial charge in [-0.2, -0.15) is 0 Å². The maximum atomic E-state index is 8.89. The van der Waals surface area contributed by atoms with Crippen LogP contribution in [0, 0.1) is 3.57 Å². The molecule has 72 valence electrons. The van der Waals surface area contributed by atoms with Crippen LogP contribution in [0.3, 0.4) is 0 Å². The fraction of sp³-hybridized carbons (Fsp3) is 0.400. The summed E-state index contributed by atoms with van der Waals surface area (Å²) in [5, 5.41) is 8.89. The van der Waals surface area contributed by atoms with Crippen LogP contribution in [0.2, 0.25) is 0 Å². The number of nitrogens with two attached hydrogens (primary N) is 1. The number of aliphatic hydroxyl groups is 1. The molecule has 0 radical (unpaired) electrons. The summed E-state index contributed by atoms with van der Waals surface area (Å²) in [5.74, 6) is 0. The van der Waals surface area contributed by atoms with E-state index in [1.807, 2.05) is 12.1 Å². The van der Waals surface area contributed by atoms with E-state index in [9.17, 15) is 0 Å². The quantitative estimate of drug-likeness (QED) is 0.835. The second kappa shape index (κ2) is 4.93. The fourth-order valence-corrected chi connectivity index (χ4v) is 1.92. The number of hydrogen-bond acceptors (Lipinski definition) is 2. The highest BCUT2D eigenvalue weighted by Crippen LogP contribution is 2.18. The highest BCUT2D eigenvalue weighted by molar-refractivity contribution is 14.1. The van der Waals surface area contributed by atoms with E-state index >= 15 is 0 Å². The van der Waals surface area contributed by atoms with Crippen molar-refractivity contribution in [3.05, 3.63) is 32.9 Å². The highest BCUT2D eigenvalue weighted by atomic mass is 127. The lowest BCUT2D eigenvalue weighted by Gasteiger charge is -2.10. The molecule has 0 fully saturated rings. The van der Waals surface area contributed by atoms with Gasteiger partial charge in [-0.05, 0) is 46.2 Å². The van der Waals surface area contributed by atoms with Crippen LogP contribution in [0.1, 0.15) is 24.1 Å². The molecule has 0 aliphatic rings. The molecule has 0 amide bonds. The first-order chi connectivity index (χ1) is 6.19. The van der Waals surface area contributed by atoms with Gasteiger partial charge in [0.05, 0.1) is 12.6 Å². The smallest absolute Gasteiger partial charge is 0.0624 e. The predicted molar refractivity (Wildman–Crippen MR) is 62.6 cm³/mol. The molecule has 3 heteroatoms. The molecule has 0 unspecified atom stereocenters. The Kier molecular flexibility index (Phi) is 4.15. The van der Waals surface area contributed by atoms with Crippen molar-refractivity contribution in [2.45, 2.75) is 19.4 Å². The summed E-state index contributed by atoms with van der Waals surface area (Å²) in [6.07, 6.45) is 1.00. The summed E-state index contributed by atoms with van der Waals surface area (Å²) in [5.41, 5.74) is 8.02. The van der Waals surface area contributed by atoms with E-state index in [0.29, 0.717) is 0 Å². The molecule has 2 nitrogen and oxygen atoms in total. The van der Waals surface area contributed by atoms with E-state index in [0.717, 1.165) is 12.0 Å². The topological polar surface area (TPSA) is 46.2 Å². The minimum Gasteiger partial charge on any atom is -0.394 e. The zero-order chi connectivity index (χ0) is 9.84. The van der Waals surface area contributed by atoms with E-state index in [4.69, 9.17) is 10.8 Å². The van der Waals surface area contributed by atoms with Gasteiger partial charge in [-0.15, -0.1) is 0 Å². The van der Waals surface area contributed by atoms with Gasteiger partial charge in [-0.3, -0.25) is 0 Å². The molecule has 0 aliphatic heterocycles. The van der Waals surface area contributed by atoms with Gasteiger partial charge in [-0.25, -0.2) is 0 Å². The van der Waals surface area contributed by atoms with E-state index in [-0.39, 0.29) is 12.6 Å². The molecule has 0 spiro atoms. The van der Waals surface area contributed by atoms with Crippen LogP contribution in [0.25, 0.3) is 0 Å². The molecular weight excluding hydrogens is 277 g/mol. The number of rotatable bonds is 3. The van der Waals surface area contributed by atoms with E-state index in [2.05, 4.69) is 35.6 Å². The minimum atomic E-state index is -0.248. The summed E-state index contributed by atoms with van der Waals surface area (Å²) in [6, 6.07) is 5.84. The summed E-state index contributed by atoms with van der Waals surface area (Å²) in [4.78, 5) is 0. The van der Waals surface area contributed by atoms with Gasteiger partial charge in [0.1, 0.15) is 0 Å². The molecule has 0 heterocycles. The number of benzene rings is 1. The molecule has 1 atom stereocenters.